The molecule has 5 heteroatoms. The van der Waals surface area contributed by atoms with Gasteiger partial charge in [-0.1, -0.05) is 38.8 Å². The molecule has 0 saturated heterocycles. The zero-order chi connectivity index (χ0) is 23.6. The number of fused-ring (bicyclic) bond motifs is 4. The fourth-order valence-corrected chi connectivity index (χ4v) is 6.77. The summed E-state index contributed by atoms with van der Waals surface area (Å²) >= 11 is 0. The Kier molecular flexibility index (Phi) is 4.71. The summed E-state index contributed by atoms with van der Waals surface area (Å²) in [7, 11) is 0. The van der Waals surface area contributed by atoms with Gasteiger partial charge < -0.3 is 4.90 Å². The molecule has 4 nitrogen and oxygen atoms in total. The highest BCUT2D eigenvalue weighted by atomic mass is 19.1. The van der Waals surface area contributed by atoms with Crippen LogP contribution < -0.4 is 4.90 Å². The molecule has 2 aromatic heterocycles. The highest BCUT2D eigenvalue weighted by molar-refractivity contribution is 5.88. The summed E-state index contributed by atoms with van der Waals surface area (Å²) in [5.74, 6) is 1.21. The maximum atomic E-state index is 14.4. The maximum absolute atomic E-state index is 14.4. The molecule has 1 unspecified atom stereocenters. The predicted molar refractivity (Wildman–Crippen MR) is 134 cm³/mol. The van der Waals surface area contributed by atoms with Crippen LogP contribution in [-0.2, 0) is 6.42 Å². The number of pyridine rings is 1. The summed E-state index contributed by atoms with van der Waals surface area (Å²) in [4.78, 5) is 7.46. The fraction of sp³-hybridized carbons (Fsp3) is 0.379. The number of aromatic nitrogens is 2. The van der Waals surface area contributed by atoms with E-state index in [1.807, 2.05) is 24.3 Å². The molecule has 3 heterocycles. The maximum Gasteiger partial charge on any atom is 0.157 e. The lowest BCUT2D eigenvalue weighted by molar-refractivity contribution is 0.350. The van der Waals surface area contributed by atoms with E-state index in [0.717, 1.165) is 59.3 Å². The van der Waals surface area contributed by atoms with Crippen molar-refractivity contribution in [2.45, 2.75) is 70.8 Å². The monoisotopic (exact) mass is 452 g/mol. The van der Waals surface area contributed by atoms with Gasteiger partial charge in [-0.3, -0.25) is 4.40 Å². The Bertz CT molecular complexity index is 1490. The van der Waals surface area contributed by atoms with Crippen LogP contribution in [0.4, 0.5) is 15.9 Å². The summed E-state index contributed by atoms with van der Waals surface area (Å²) < 4.78 is 16.6. The summed E-state index contributed by atoms with van der Waals surface area (Å²) in [5, 5.41) is 10.1. The van der Waals surface area contributed by atoms with Gasteiger partial charge in [-0.25, -0.2) is 9.37 Å². The largest absolute Gasteiger partial charge is 0.321 e. The fourth-order valence-electron chi connectivity index (χ4n) is 6.77. The molecule has 0 bridgehead atoms. The Morgan fingerprint density at radius 2 is 1.94 bits per heavy atom. The molecular weight excluding hydrogens is 423 g/mol. The number of imidazole rings is 1. The minimum Gasteiger partial charge on any atom is -0.321 e. The normalized spacial score (nSPS) is 19.1. The second kappa shape index (κ2) is 7.56. The number of nitrogens with zero attached hydrogens (tertiary/aromatic N) is 4. The number of anilines is 2. The van der Waals surface area contributed by atoms with E-state index in [0.29, 0.717) is 17.1 Å². The second-order valence-electron chi connectivity index (χ2n) is 10.1. The van der Waals surface area contributed by atoms with Crippen molar-refractivity contribution in [3.63, 3.8) is 0 Å². The molecule has 1 saturated carbocycles. The van der Waals surface area contributed by atoms with E-state index in [1.54, 1.807) is 12.1 Å². The van der Waals surface area contributed by atoms with Gasteiger partial charge in [0.15, 0.2) is 5.65 Å². The van der Waals surface area contributed by atoms with Crippen molar-refractivity contribution < 1.29 is 4.39 Å². The number of rotatable bonds is 2. The van der Waals surface area contributed by atoms with Crippen LogP contribution >= 0.6 is 0 Å². The summed E-state index contributed by atoms with van der Waals surface area (Å²) in [5.41, 5.74) is 7.56. The van der Waals surface area contributed by atoms with Gasteiger partial charge in [-0.15, -0.1) is 0 Å². The number of benzene rings is 2. The van der Waals surface area contributed by atoms with Crippen LogP contribution in [0, 0.1) is 24.1 Å². The van der Waals surface area contributed by atoms with Gasteiger partial charge in [0.1, 0.15) is 17.7 Å². The molecule has 1 aliphatic heterocycles. The number of para-hydroxylation sites is 2. The molecule has 6 rings (SSSR count). The Morgan fingerprint density at radius 1 is 1.18 bits per heavy atom. The molecule has 2 aliphatic rings. The van der Waals surface area contributed by atoms with Crippen LogP contribution in [-0.4, -0.2) is 14.9 Å². The van der Waals surface area contributed by atoms with Crippen LogP contribution in [0.3, 0.4) is 0 Å². The highest BCUT2D eigenvalue weighted by Crippen LogP contribution is 2.55. The third-order valence-corrected chi connectivity index (χ3v) is 8.23. The van der Waals surface area contributed by atoms with Crippen molar-refractivity contribution in [1.29, 1.82) is 5.26 Å². The summed E-state index contributed by atoms with van der Waals surface area (Å²) in [6.45, 7) is 6.46. The summed E-state index contributed by atoms with van der Waals surface area (Å²) in [6, 6.07) is 15.9. The average molecular weight is 453 g/mol. The first-order valence-corrected chi connectivity index (χ1v) is 12.4. The molecule has 34 heavy (non-hydrogen) atoms. The molecule has 2 aromatic carbocycles. The van der Waals surface area contributed by atoms with E-state index in [4.69, 9.17) is 4.98 Å². The van der Waals surface area contributed by atoms with Crippen molar-refractivity contribution >= 4 is 28.2 Å². The molecular formula is C29H29FN4. The van der Waals surface area contributed by atoms with Gasteiger partial charge in [0.05, 0.1) is 16.6 Å². The van der Waals surface area contributed by atoms with Gasteiger partial charge in [-0.2, -0.15) is 5.26 Å². The lowest BCUT2D eigenvalue weighted by Crippen LogP contribution is -2.49. The second-order valence-corrected chi connectivity index (χ2v) is 10.1. The van der Waals surface area contributed by atoms with E-state index >= 15 is 0 Å². The average Bonchev–Trinajstić information content (AvgIpc) is 3.44. The van der Waals surface area contributed by atoms with Gasteiger partial charge in [0.25, 0.3) is 0 Å². The number of nitriles is 1. The smallest absolute Gasteiger partial charge is 0.157 e. The predicted octanol–water partition coefficient (Wildman–Crippen LogP) is 7.33. The van der Waals surface area contributed by atoms with E-state index < -0.39 is 0 Å². The van der Waals surface area contributed by atoms with Crippen LogP contribution in [0.1, 0.15) is 74.1 Å². The van der Waals surface area contributed by atoms with Crippen molar-refractivity contribution in [3.8, 4) is 6.07 Å². The molecule has 0 amide bonds. The quantitative estimate of drug-likeness (QED) is 0.320. The molecule has 172 valence electrons. The van der Waals surface area contributed by atoms with Crippen LogP contribution in [0.2, 0.25) is 0 Å². The standard InChI is InChI=1S/C29H29FN4/c1-4-21-19(3)23(17-31)27-32-24-9-5-6-10-26(24)33(27)28(21)34-25-12-11-20(30)15-22(25)18(2)16-29(34)13-7-8-14-29/h5-6,9-12,15,18H,4,7-8,13-14,16H2,1-3H3. The number of halogens is 1. The zero-order valence-corrected chi connectivity index (χ0v) is 20.0. The first kappa shape index (κ1) is 21.2. The molecule has 4 aromatic rings. The third kappa shape index (κ3) is 2.78. The Morgan fingerprint density at radius 3 is 2.68 bits per heavy atom. The third-order valence-electron chi connectivity index (χ3n) is 8.23. The zero-order valence-electron chi connectivity index (χ0n) is 20.0. The van der Waals surface area contributed by atoms with Crippen molar-refractivity contribution in [3.05, 3.63) is 70.5 Å². The molecule has 1 fully saturated rings. The highest BCUT2D eigenvalue weighted by Gasteiger charge is 2.47. The Balaban J connectivity index is 1.80. The minimum absolute atomic E-state index is 0.0208. The Labute approximate surface area is 199 Å². The molecule has 1 spiro atoms. The van der Waals surface area contributed by atoms with Crippen LogP contribution in [0.5, 0.6) is 0 Å². The van der Waals surface area contributed by atoms with E-state index in [2.05, 4.69) is 42.2 Å². The van der Waals surface area contributed by atoms with Gasteiger partial charge in [-0.05, 0) is 85.5 Å². The van der Waals surface area contributed by atoms with Crippen molar-refractivity contribution in [1.82, 2.24) is 9.38 Å². The van der Waals surface area contributed by atoms with E-state index in [-0.39, 0.29) is 11.4 Å². The van der Waals surface area contributed by atoms with Gasteiger partial charge >= 0.3 is 0 Å². The minimum atomic E-state index is -0.183. The molecule has 1 atom stereocenters. The lowest BCUT2D eigenvalue weighted by Gasteiger charge is -2.50. The Hall–Kier alpha value is -3.39. The topological polar surface area (TPSA) is 44.3 Å². The molecule has 0 N–H and O–H groups in total. The first-order valence-electron chi connectivity index (χ1n) is 12.4. The lowest BCUT2D eigenvalue weighted by atomic mass is 9.76. The van der Waals surface area contributed by atoms with Crippen LogP contribution in [0.15, 0.2) is 42.5 Å². The van der Waals surface area contributed by atoms with Crippen molar-refractivity contribution in [2.75, 3.05) is 4.90 Å². The van der Waals surface area contributed by atoms with E-state index in [1.165, 1.54) is 18.4 Å². The van der Waals surface area contributed by atoms with E-state index in [9.17, 15) is 9.65 Å². The summed E-state index contributed by atoms with van der Waals surface area (Å²) in [6.07, 6.45) is 6.43. The molecule has 0 radical (unpaired) electrons. The van der Waals surface area contributed by atoms with Crippen molar-refractivity contribution in [2.24, 2.45) is 0 Å². The number of hydrogen-bond acceptors (Lipinski definition) is 3. The SMILES string of the molecule is CCc1c(C)c(C#N)c2nc3ccccc3n2c1N1c2ccc(F)cc2C(C)CC12CCCC2. The van der Waals surface area contributed by atoms with Gasteiger partial charge in [0.2, 0.25) is 0 Å². The van der Waals surface area contributed by atoms with Gasteiger partial charge in [0, 0.05) is 11.2 Å². The first-order chi connectivity index (χ1) is 16.5. The molecule has 1 aliphatic carbocycles. The van der Waals surface area contributed by atoms with Crippen LogP contribution in [0.25, 0.3) is 16.7 Å². The number of hydrogen-bond donors (Lipinski definition) is 0.